The number of nitrogens with two attached hydrogens (primary N) is 1. The largest absolute Gasteiger partial charge is 0.573 e. The first-order valence-corrected chi connectivity index (χ1v) is 9.37. The number of alkyl halides is 3. The summed E-state index contributed by atoms with van der Waals surface area (Å²) in [5.41, 5.74) is 5.66. The molecule has 8 nitrogen and oxygen atoms in total. The van der Waals surface area contributed by atoms with Gasteiger partial charge in [-0.25, -0.2) is 4.79 Å². The molecule has 1 heterocycles. The van der Waals surface area contributed by atoms with Crippen LogP contribution in [0.1, 0.15) is 25.3 Å². The zero-order chi connectivity index (χ0) is 22.3. The van der Waals surface area contributed by atoms with Gasteiger partial charge in [0.1, 0.15) is 17.3 Å². The van der Waals surface area contributed by atoms with Crippen molar-refractivity contribution in [3.8, 4) is 5.75 Å². The van der Waals surface area contributed by atoms with E-state index in [1.807, 2.05) is 6.92 Å². The minimum atomic E-state index is -4.78. The molecule has 166 valence electrons. The van der Waals surface area contributed by atoms with E-state index in [4.69, 9.17) is 10.5 Å². The Morgan fingerprint density at radius 1 is 1.20 bits per heavy atom. The fourth-order valence-electron chi connectivity index (χ4n) is 2.91. The number of rotatable bonds is 10. The molecule has 0 aliphatic rings. The summed E-state index contributed by atoms with van der Waals surface area (Å²) >= 11 is 0. The maximum Gasteiger partial charge on any atom is 0.573 e. The van der Waals surface area contributed by atoms with Gasteiger partial charge in [0.2, 0.25) is 0 Å². The molecule has 1 aromatic carbocycles. The standard InChI is InChI=1S/C19H25F3N4O4/c1-3-4-9-26-16(23)15(17(27)24-18(26)28)25(10-11-29-2)12-13-5-7-14(8-6-13)30-19(20,21)22/h5-8H,3-4,9-12,23H2,1-2H3,(H,24,27,28). The smallest absolute Gasteiger partial charge is 0.406 e. The number of nitrogens with zero attached hydrogens (tertiary/aromatic N) is 2. The Balaban J connectivity index is 2.36. The number of methoxy groups -OCH3 is 1. The van der Waals surface area contributed by atoms with Crippen molar-refractivity contribution < 1.29 is 22.6 Å². The average Bonchev–Trinajstić information content (AvgIpc) is 2.66. The fourth-order valence-corrected chi connectivity index (χ4v) is 2.91. The van der Waals surface area contributed by atoms with E-state index in [2.05, 4.69) is 9.72 Å². The molecule has 0 bridgehead atoms. The summed E-state index contributed by atoms with van der Waals surface area (Å²) in [6.45, 7) is 3.02. The normalized spacial score (nSPS) is 11.5. The molecule has 0 radical (unpaired) electrons. The molecule has 1 aromatic heterocycles. The summed E-state index contributed by atoms with van der Waals surface area (Å²) in [6, 6.07) is 5.29. The molecular formula is C19H25F3N4O4. The van der Waals surface area contributed by atoms with Crippen LogP contribution in [0.25, 0.3) is 0 Å². The Labute approximate surface area is 171 Å². The summed E-state index contributed by atoms with van der Waals surface area (Å²) in [5.74, 6) is -0.314. The average molecular weight is 430 g/mol. The van der Waals surface area contributed by atoms with Gasteiger partial charge in [0.25, 0.3) is 5.56 Å². The summed E-state index contributed by atoms with van der Waals surface area (Å²) in [7, 11) is 1.50. The van der Waals surface area contributed by atoms with Crippen LogP contribution in [0.5, 0.6) is 5.75 Å². The van der Waals surface area contributed by atoms with E-state index in [9.17, 15) is 22.8 Å². The van der Waals surface area contributed by atoms with Gasteiger partial charge < -0.3 is 20.1 Å². The van der Waals surface area contributed by atoms with Crippen LogP contribution < -0.4 is 26.6 Å². The van der Waals surface area contributed by atoms with Crippen molar-refractivity contribution in [1.29, 1.82) is 0 Å². The van der Waals surface area contributed by atoms with Crippen molar-refractivity contribution in [1.82, 2.24) is 9.55 Å². The van der Waals surface area contributed by atoms with Crippen molar-refractivity contribution in [2.24, 2.45) is 0 Å². The quantitative estimate of drug-likeness (QED) is 0.600. The fraction of sp³-hybridized carbons (Fsp3) is 0.474. The lowest BCUT2D eigenvalue weighted by Gasteiger charge is -2.26. The Kier molecular flexibility index (Phi) is 7.93. The maximum atomic E-state index is 12.5. The third kappa shape index (κ3) is 6.28. The van der Waals surface area contributed by atoms with Crippen molar-refractivity contribution in [3.05, 3.63) is 50.7 Å². The molecule has 2 rings (SSSR count). The molecule has 0 amide bonds. The SMILES string of the molecule is CCCCn1c(N)c(N(CCOC)Cc2ccc(OC(F)(F)F)cc2)c(=O)[nH]c1=O. The first-order valence-electron chi connectivity index (χ1n) is 9.37. The van der Waals surface area contributed by atoms with Crippen molar-refractivity contribution >= 4 is 11.5 Å². The third-order valence-electron chi connectivity index (χ3n) is 4.36. The van der Waals surface area contributed by atoms with Gasteiger partial charge in [-0.3, -0.25) is 14.3 Å². The molecule has 3 N–H and O–H groups in total. The molecule has 30 heavy (non-hydrogen) atoms. The second-order valence-corrected chi connectivity index (χ2v) is 6.60. The number of hydrogen-bond acceptors (Lipinski definition) is 6. The molecule has 2 aromatic rings. The number of nitrogens with one attached hydrogen (secondary N) is 1. The molecule has 11 heteroatoms. The van der Waals surface area contributed by atoms with Crippen LogP contribution in [0.3, 0.4) is 0 Å². The topological polar surface area (TPSA) is 103 Å². The molecule has 0 aliphatic carbocycles. The van der Waals surface area contributed by atoms with Crippen LogP contribution in [-0.2, 0) is 17.8 Å². The van der Waals surface area contributed by atoms with Gasteiger partial charge in [-0.1, -0.05) is 25.5 Å². The number of halogens is 3. The van der Waals surface area contributed by atoms with Crippen molar-refractivity contribution in [2.75, 3.05) is 30.9 Å². The number of H-pyrrole nitrogens is 1. The zero-order valence-corrected chi connectivity index (χ0v) is 16.8. The lowest BCUT2D eigenvalue weighted by atomic mass is 10.2. The number of nitrogen functional groups attached to an aromatic ring is 1. The third-order valence-corrected chi connectivity index (χ3v) is 4.36. The molecule has 0 saturated carbocycles. The van der Waals surface area contributed by atoms with Crippen LogP contribution in [0.15, 0.2) is 33.9 Å². The van der Waals surface area contributed by atoms with Crippen LogP contribution in [0.2, 0.25) is 0 Å². The highest BCUT2D eigenvalue weighted by molar-refractivity contribution is 5.62. The Bertz CT molecular complexity index is 939. The Morgan fingerprint density at radius 2 is 1.87 bits per heavy atom. The Hall–Kier alpha value is -2.95. The molecule has 0 unspecified atom stereocenters. The van der Waals surface area contributed by atoms with Crippen molar-refractivity contribution in [2.45, 2.75) is 39.2 Å². The van der Waals surface area contributed by atoms with Crippen LogP contribution in [0, 0.1) is 0 Å². The first-order chi connectivity index (χ1) is 14.2. The molecule has 0 atom stereocenters. The summed E-state index contributed by atoms with van der Waals surface area (Å²) in [5, 5.41) is 0. The highest BCUT2D eigenvalue weighted by Gasteiger charge is 2.31. The van der Waals surface area contributed by atoms with E-state index >= 15 is 0 Å². The minimum absolute atomic E-state index is 0.0327. The van der Waals surface area contributed by atoms with Gasteiger partial charge in [0, 0.05) is 26.7 Å². The number of unbranched alkanes of at least 4 members (excludes halogenated alkanes) is 1. The monoisotopic (exact) mass is 430 g/mol. The highest BCUT2D eigenvalue weighted by atomic mass is 19.4. The number of benzene rings is 1. The van der Waals surface area contributed by atoms with Crippen molar-refractivity contribution in [3.63, 3.8) is 0 Å². The van der Waals surface area contributed by atoms with Crippen LogP contribution in [0.4, 0.5) is 24.7 Å². The van der Waals surface area contributed by atoms with Gasteiger partial charge in [-0.2, -0.15) is 0 Å². The second-order valence-electron chi connectivity index (χ2n) is 6.60. The number of aromatic amines is 1. The summed E-state index contributed by atoms with van der Waals surface area (Å²) in [6.07, 6.45) is -3.24. The van der Waals surface area contributed by atoms with Gasteiger partial charge in [-0.05, 0) is 24.1 Å². The summed E-state index contributed by atoms with van der Waals surface area (Å²) < 4.78 is 47.3. The predicted octanol–water partition coefficient (Wildman–Crippen LogP) is 2.47. The molecule has 0 fully saturated rings. The van der Waals surface area contributed by atoms with E-state index in [0.717, 1.165) is 6.42 Å². The number of ether oxygens (including phenoxy) is 2. The molecule has 0 aliphatic heterocycles. The number of anilines is 2. The lowest BCUT2D eigenvalue weighted by Crippen LogP contribution is -2.39. The maximum absolute atomic E-state index is 12.5. The first kappa shape index (κ1) is 23.3. The van der Waals surface area contributed by atoms with E-state index in [1.54, 1.807) is 4.90 Å². The van der Waals surface area contributed by atoms with E-state index in [-0.39, 0.29) is 37.0 Å². The highest BCUT2D eigenvalue weighted by Crippen LogP contribution is 2.24. The van der Waals surface area contributed by atoms with E-state index < -0.39 is 17.6 Å². The van der Waals surface area contributed by atoms with Crippen LogP contribution >= 0.6 is 0 Å². The minimum Gasteiger partial charge on any atom is -0.406 e. The predicted molar refractivity (Wildman–Crippen MR) is 107 cm³/mol. The Morgan fingerprint density at radius 3 is 2.43 bits per heavy atom. The number of hydrogen-bond donors (Lipinski definition) is 2. The van der Waals surface area contributed by atoms with Gasteiger partial charge >= 0.3 is 12.1 Å². The molecule has 0 saturated heterocycles. The summed E-state index contributed by atoms with van der Waals surface area (Å²) in [4.78, 5) is 28.6. The molecule has 0 spiro atoms. The second kappa shape index (κ2) is 10.2. The van der Waals surface area contributed by atoms with Gasteiger partial charge in [-0.15, -0.1) is 13.2 Å². The lowest BCUT2D eigenvalue weighted by molar-refractivity contribution is -0.274. The van der Waals surface area contributed by atoms with Gasteiger partial charge in [0.15, 0.2) is 0 Å². The van der Waals surface area contributed by atoms with Crippen LogP contribution in [-0.4, -0.2) is 36.2 Å². The molecular weight excluding hydrogens is 405 g/mol. The van der Waals surface area contributed by atoms with E-state index in [0.29, 0.717) is 18.5 Å². The van der Waals surface area contributed by atoms with Gasteiger partial charge in [0.05, 0.1) is 6.61 Å². The zero-order valence-electron chi connectivity index (χ0n) is 16.8. The van der Waals surface area contributed by atoms with E-state index in [1.165, 1.54) is 35.9 Å². The number of aromatic nitrogens is 2.